The Bertz CT molecular complexity index is 566. The Balaban J connectivity index is 2.20. The van der Waals surface area contributed by atoms with E-state index in [0.29, 0.717) is 42.5 Å². The van der Waals surface area contributed by atoms with Crippen molar-refractivity contribution in [2.45, 2.75) is 13.8 Å². The van der Waals surface area contributed by atoms with Crippen molar-refractivity contribution >= 4 is 23.4 Å². The van der Waals surface area contributed by atoms with Gasteiger partial charge in [0.15, 0.2) is 0 Å². The van der Waals surface area contributed by atoms with Gasteiger partial charge in [0.2, 0.25) is 5.91 Å². The maximum absolute atomic E-state index is 12.6. The fourth-order valence-corrected chi connectivity index (χ4v) is 2.83. The van der Waals surface area contributed by atoms with Crippen molar-refractivity contribution in [2.24, 2.45) is 0 Å². The Labute approximate surface area is 129 Å². The van der Waals surface area contributed by atoms with Crippen LogP contribution in [0.25, 0.3) is 0 Å². The molecule has 0 atom stereocenters. The van der Waals surface area contributed by atoms with Crippen molar-refractivity contribution in [3.63, 3.8) is 0 Å². The predicted octanol–water partition coefficient (Wildman–Crippen LogP) is 1.96. The third-order valence-corrected chi connectivity index (χ3v) is 3.90. The maximum atomic E-state index is 12.6. The average molecular weight is 311 g/mol. The highest BCUT2D eigenvalue weighted by Crippen LogP contribution is 2.28. The number of carbonyl (C=O) groups excluding carboxylic acids is 2. The summed E-state index contributed by atoms with van der Waals surface area (Å²) in [6.45, 7) is 5.56. The smallest absolute Gasteiger partial charge is 0.257 e. The van der Waals surface area contributed by atoms with Crippen molar-refractivity contribution < 1.29 is 14.3 Å². The quantitative estimate of drug-likeness (QED) is 0.839. The van der Waals surface area contributed by atoms with E-state index in [-0.39, 0.29) is 11.8 Å². The highest BCUT2D eigenvalue weighted by Gasteiger charge is 2.26. The van der Waals surface area contributed by atoms with E-state index in [0.717, 1.165) is 5.56 Å². The minimum atomic E-state index is -0.111. The maximum Gasteiger partial charge on any atom is 0.257 e. The molecule has 2 rings (SSSR count). The predicted molar refractivity (Wildman–Crippen MR) is 80.9 cm³/mol. The van der Waals surface area contributed by atoms with Crippen LogP contribution in [0.15, 0.2) is 12.1 Å². The summed E-state index contributed by atoms with van der Waals surface area (Å²) in [5, 5.41) is 0.513. The monoisotopic (exact) mass is 310 g/mol. The van der Waals surface area contributed by atoms with Gasteiger partial charge < -0.3 is 14.5 Å². The lowest BCUT2D eigenvalue weighted by Gasteiger charge is -2.34. The fourth-order valence-electron chi connectivity index (χ4n) is 2.55. The summed E-state index contributed by atoms with van der Waals surface area (Å²) in [5.74, 6) is 0.484. The highest BCUT2D eigenvalue weighted by atomic mass is 35.5. The molecule has 0 spiro atoms. The van der Waals surface area contributed by atoms with Crippen LogP contribution < -0.4 is 4.74 Å². The van der Waals surface area contributed by atoms with Crippen LogP contribution in [0.2, 0.25) is 5.02 Å². The summed E-state index contributed by atoms with van der Waals surface area (Å²) < 4.78 is 5.33. The Hall–Kier alpha value is -1.75. The van der Waals surface area contributed by atoms with Gasteiger partial charge in [-0.2, -0.15) is 0 Å². The molecule has 1 heterocycles. The van der Waals surface area contributed by atoms with E-state index < -0.39 is 0 Å². The number of ether oxygens (including phenoxy) is 1. The minimum Gasteiger partial charge on any atom is -0.496 e. The van der Waals surface area contributed by atoms with E-state index in [4.69, 9.17) is 16.3 Å². The van der Waals surface area contributed by atoms with E-state index in [1.807, 2.05) is 6.92 Å². The molecular formula is C15H19ClN2O3. The van der Waals surface area contributed by atoms with Crippen molar-refractivity contribution in [1.29, 1.82) is 0 Å². The molecule has 0 aliphatic carbocycles. The van der Waals surface area contributed by atoms with E-state index in [9.17, 15) is 9.59 Å². The Kier molecular flexibility index (Phi) is 4.73. The van der Waals surface area contributed by atoms with Crippen LogP contribution in [0.1, 0.15) is 22.8 Å². The van der Waals surface area contributed by atoms with Crippen LogP contribution in [-0.2, 0) is 4.79 Å². The van der Waals surface area contributed by atoms with E-state index in [1.54, 1.807) is 36.0 Å². The molecule has 0 aromatic heterocycles. The molecule has 1 aromatic carbocycles. The normalized spacial score (nSPS) is 15.0. The Morgan fingerprint density at radius 3 is 2.24 bits per heavy atom. The fraction of sp³-hybridized carbons (Fsp3) is 0.467. The number of rotatable bonds is 2. The van der Waals surface area contributed by atoms with Gasteiger partial charge in [-0.05, 0) is 24.6 Å². The molecule has 1 saturated heterocycles. The van der Waals surface area contributed by atoms with E-state index >= 15 is 0 Å². The molecule has 0 unspecified atom stereocenters. The Morgan fingerprint density at radius 1 is 1.14 bits per heavy atom. The number of halogens is 1. The number of hydrogen-bond donors (Lipinski definition) is 0. The lowest BCUT2D eigenvalue weighted by molar-refractivity contribution is -0.130. The standard InChI is InChI=1S/C15H19ClN2O3/c1-10-8-12(16)9-13(14(10)21-3)15(20)18-6-4-17(5-7-18)11(2)19/h8-9H,4-7H2,1-3H3. The van der Waals surface area contributed by atoms with Gasteiger partial charge >= 0.3 is 0 Å². The van der Waals surface area contributed by atoms with Gasteiger partial charge in [-0.15, -0.1) is 0 Å². The molecule has 21 heavy (non-hydrogen) atoms. The van der Waals surface area contributed by atoms with Gasteiger partial charge in [-0.1, -0.05) is 11.6 Å². The molecule has 0 bridgehead atoms. The summed E-state index contributed by atoms with van der Waals surface area (Å²) in [6, 6.07) is 3.40. The molecule has 0 radical (unpaired) electrons. The zero-order valence-corrected chi connectivity index (χ0v) is 13.2. The van der Waals surface area contributed by atoms with Crippen LogP contribution >= 0.6 is 11.6 Å². The first-order valence-electron chi connectivity index (χ1n) is 6.83. The van der Waals surface area contributed by atoms with Crippen molar-refractivity contribution in [2.75, 3.05) is 33.3 Å². The number of benzene rings is 1. The lowest BCUT2D eigenvalue weighted by Crippen LogP contribution is -2.50. The van der Waals surface area contributed by atoms with Crippen molar-refractivity contribution in [1.82, 2.24) is 9.80 Å². The van der Waals surface area contributed by atoms with Crippen LogP contribution in [0.5, 0.6) is 5.75 Å². The second-order valence-corrected chi connectivity index (χ2v) is 5.54. The largest absolute Gasteiger partial charge is 0.496 e. The highest BCUT2D eigenvalue weighted by molar-refractivity contribution is 6.31. The summed E-state index contributed by atoms with van der Waals surface area (Å²) in [4.78, 5) is 27.4. The third kappa shape index (κ3) is 3.29. The van der Waals surface area contributed by atoms with E-state index in [1.165, 1.54) is 0 Å². The van der Waals surface area contributed by atoms with Gasteiger partial charge in [-0.25, -0.2) is 0 Å². The van der Waals surface area contributed by atoms with Gasteiger partial charge in [0.1, 0.15) is 5.75 Å². The first kappa shape index (κ1) is 15.6. The molecule has 1 aliphatic heterocycles. The minimum absolute atomic E-state index is 0.0401. The number of hydrogen-bond acceptors (Lipinski definition) is 3. The topological polar surface area (TPSA) is 49.9 Å². The zero-order valence-electron chi connectivity index (χ0n) is 12.5. The molecule has 1 fully saturated rings. The molecule has 2 amide bonds. The number of carbonyl (C=O) groups is 2. The number of aryl methyl sites for hydroxylation is 1. The van der Waals surface area contributed by atoms with Crippen LogP contribution in [0.4, 0.5) is 0 Å². The molecule has 0 N–H and O–H groups in total. The third-order valence-electron chi connectivity index (χ3n) is 3.69. The summed E-state index contributed by atoms with van der Waals surface area (Å²) >= 11 is 6.05. The zero-order chi connectivity index (χ0) is 15.6. The van der Waals surface area contributed by atoms with Gasteiger partial charge in [-0.3, -0.25) is 9.59 Å². The van der Waals surface area contributed by atoms with Crippen molar-refractivity contribution in [3.8, 4) is 5.75 Å². The molecule has 114 valence electrons. The van der Waals surface area contributed by atoms with Gasteiger partial charge in [0, 0.05) is 38.1 Å². The lowest BCUT2D eigenvalue weighted by atomic mass is 10.1. The number of amides is 2. The van der Waals surface area contributed by atoms with E-state index in [2.05, 4.69) is 0 Å². The molecule has 6 heteroatoms. The molecule has 5 nitrogen and oxygen atoms in total. The molecule has 1 aromatic rings. The second kappa shape index (κ2) is 6.35. The molecule has 1 aliphatic rings. The van der Waals surface area contributed by atoms with Crippen molar-refractivity contribution in [3.05, 3.63) is 28.3 Å². The Morgan fingerprint density at radius 2 is 1.71 bits per heavy atom. The SMILES string of the molecule is COc1c(C)cc(Cl)cc1C(=O)N1CCN(C(C)=O)CC1. The van der Waals surface area contributed by atoms with Gasteiger partial charge in [0.25, 0.3) is 5.91 Å². The summed E-state index contributed by atoms with van der Waals surface area (Å²) in [6.07, 6.45) is 0. The first-order chi connectivity index (χ1) is 9.93. The molecule has 0 saturated carbocycles. The number of methoxy groups -OCH3 is 1. The summed E-state index contributed by atoms with van der Waals surface area (Å²) in [7, 11) is 1.54. The number of nitrogens with zero attached hydrogens (tertiary/aromatic N) is 2. The first-order valence-corrected chi connectivity index (χ1v) is 7.20. The molecular weight excluding hydrogens is 292 g/mol. The van der Waals surface area contributed by atoms with Crippen LogP contribution in [0, 0.1) is 6.92 Å². The van der Waals surface area contributed by atoms with Crippen LogP contribution in [-0.4, -0.2) is 54.9 Å². The average Bonchev–Trinajstić information content (AvgIpc) is 2.46. The summed E-state index contributed by atoms with van der Waals surface area (Å²) in [5.41, 5.74) is 1.30. The second-order valence-electron chi connectivity index (χ2n) is 5.10. The van der Waals surface area contributed by atoms with Gasteiger partial charge in [0.05, 0.1) is 12.7 Å². The van der Waals surface area contributed by atoms with Crippen LogP contribution in [0.3, 0.4) is 0 Å². The number of piperazine rings is 1.